The average molecular weight is 436 g/mol. The van der Waals surface area contributed by atoms with E-state index in [0.29, 0.717) is 20.7 Å². The van der Waals surface area contributed by atoms with Gasteiger partial charge in [0.05, 0.1) is 10.7 Å². The number of thioether (sulfide) groups is 1. The van der Waals surface area contributed by atoms with Crippen LogP contribution in [-0.2, 0) is 11.2 Å². The summed E-state index contributed by atoms with van der Waals surface area (Å²) in [4.78, 5) is 23.9. The van der Waals surface area contributed by atoms with E-state index in [0.717, 1.165) is 13.0 Å². The number of nitro groups is 1. The van der Waals surface area contributed by atoms with E-state index in [9.17, 15) is 14.9 Å². The lowest BCUT2D eigenvalue weighted by atomic mass is 10.2. The normalized spacial score (nSPS) is 10.6. The molecular weight excluding hydrogens is 418 g/mol. The second-order valence-electron chi connectivity index (χ2n) is 5.72. The van der Waals surface area contributed by atoms with Gasteiger partial charge in [0.15, 0.2) is 4.34 Å². The van der Waals surface area contributed by atoms with Crippen LogP contribution in [0.1, 0.15) is 10.4 Å². The van der Waals surface area contributed by atoms with E-state index < -0.39 is 4.92 Å². The predicted octanol–water partition coefficient (Wildman–Crippen LogP) is 4.20. The molecule has 3 aromatic rings. The first-order chi connectivity index (χ1) is 13.5. The monoisotopic (exact) mass is 435 g/mol. The van der Waals surface area contributed by atoms with Crippen LogP contribution >= 0.6 is 34.4 Å². The van der Waals surface area contributed by atoms with Gasteiger partial charge in [0.2, 0.25) is 11.0 Å². The standard InChI is InChI=1S/C17H17N5O3S3/c1-11-4-5-12(9-14(11)22(24)25)19-15(23)10-27-17-21-20-16(28-17)18-7-6-13-3-2-8-26-13/h2-5,8-9H,6-7,10H2,1H3,(H,18,20)(H,19,23). The highest BCUT2D eigenvalue weighted by Crippen LogP contribution is 2.26. The zero-order valence-electron chi connectivity index (χ0n) is 14.9. The summed E-state index contributed by atoms with van der Waals surface area (Å²) >= 11 is 4.38. The first-order valence-corrected chi connectivity index (χ1v) is 11.0. The molecule has 2 heterocycles. The fraction of sp³-hybridized carbons (Fsp3) is 0.235. The van der Waals surface area contributed by atoms with E-state index in [1.54, 1.807) is 30.4 Å². The van der Waals surface area contributed by atoms with Crippen molar-refractivity contribution in [1.29, 1.82) is 0 Å². The van der Waals surface area contributed by atoms with Crippen LogP contribution < -0.4 is 10.6 Å². The largest absolute Gasteiger partial charge is 0.360 e. The molecule has 0 atom stereocenters. The van der Waals surface area contributed by atoms with Gasteiger partial charge in [0.25, 0.3) is 5.69 Å². The van der Waals surface area contributed by atoms with Gasteiger partial charge in [-0.2, -0.15) is 0 Å². The Hall–Kier alpha value is -2.50. The smallest absolute Gasteiger partial charge is 0.274 e. The minimum atomic E-state index is -0.464. The second kappa shape index (κ2) is 9.62. The molecule has 1 amide bonds. The Morgan fingerprint density at radius 2 is 2.18 bits per heavy atom. The quantitative estimate of drug-likeness (QED) is 0.294. The number of carbonyl (C=O) groups excluding carboxylic acids is 1. The molecule has 0 aliphatic heterocycles. The number of aryl methyl sites for hydroxylation is 1. The van der Waals surface area contributed by atoms with E-state index in [2.05, 4.69) is 32.3 Å². The fourth-order valence-corrected chi connectivity index (χ4v) is 4.58. The van der Waals surface area contributed by atoms with Crippen molar-refractivity contribution in [2.75, 3.05) is 22.9 Å². The fourth-order valence-electron chi connectivity index (χ4n) is 2.30. The zero-order chi connectivity index (χ0) is 19.9. The predicted molar refractivity (Wildman–Crippen MR) is 114 cm³/mol. The van der Waals surface area contributed by atoms with Crippen molar-refractivity contribution in [3.8, 4) is 0 Å². The Morgan fingerprint density at radius 1 is 1.32 bits per heavy atom. The number of carbonyl (C=O) groups is 1. The molecule has 0 saturated carbocycles. The number of benzene rings is 1. The third-order valence-electron chi connectivity index (χ3n) is 3.65. The van der Waals surface area contributed by atoms with Crippen molar-refractivity contribution in [2.24, 2.45) is 0 Å². The SMILES string of the molecule is Cc1ccc(NC(=O)CSc2nnc(NCCc3cccs3)s2)cc1[N+](=O)[O-]. The van der Waals surface area contributed by atoms with Crippen molar-refractivity contribution in [3.63, 3.8) is 0 Å². The molecule has 3 rings (SSSR count). The van der Waals surface area contributed by atoms with Gasteiger partial charge in [0.1, 0.15) is 0 Å². The highest BCUT2D eigenvalue weighted by molar-refractivity contribution is 8.01. The lowest BCUT2D eigenvalue weighted by Gasteiger charge is -2.05. The Kier molecular flexibility index (Phi) is 6.95. The Bertz CT molecular complexity index is 959. The Balaban J connectivity index is 1.45. The van der Waals surface area contributed by atoms with E-state index in [4.69, 9.17) is 0 Å². The number of nitrogens with zero attached hydrogens (tertiary/aromatic N) is 3. The first-order valence-electron chi connectivity index (χ1n) is 8.29. The summed E-state index contributed by atoms with van der Waals surface area (Å²) in [5.41, 5.74) is 0.925. The molecule has 0 radical (unpaired) electrons. The second-order valence-corrected chi connectivity index (χ2v) is 8.96. The maximum absolute atomic E-state index is 12.1. The minimum Gasteiger partial charge on any atom is -0.360 e. The van der Waals surface area contributed by atoms with Gasteiger partial charge in [0, 0.05) is 28.7 Å². The molecule has 0 saturated heterocycles. The molecule has 0 aliphatic rings. The summed E-state index contributed by atoms with van der Waals surface area (Å²) in [7, 11) is 0. The van der Waals surface area contributed by atoms with Crippen LogP contribution in [0.5, 0.6) is 0 Å². The molecule has 0 aliphatic carbocycles. The molecule has 0 spiro atoms. The summed E-state index contributed by atoms with van der Waals surface area (Å²) < 4.78 is 0.684. The van der Waals surface area contributed by atoms with E-state index in [-0.39, 0.29) is 17.3 Å². The van der Waals surface area contributed by atoms with Gasteiger partial charge in [-0.15, -0.1) is 21.5 Å². The van der Waals surface area contributed by atoms with Crippen LogP contribution in [0.2, 0.25) is 0 Å². The molecule has 0 bridgehead atoms. The van der Waals surface area contributed by atoms with E-state index >= 15 is 0 Å². The van der Waals surface area contributed by atoms with Crippen LogP contribution in [0.25, 0.3) is 0 Å². The van der Waals surface area contributed by atoms with Crippen molar-refractivity contribution in [2.45, 2.75) is 17.7 Å². The van der Waals surface area contributed by atoms with Crippen molar-refractivity contribution in [3.05, 3.63) is 56.3 Å². The molecular formula is C17H17N5O3S3. The number of nitrogens with one attached hydrogen (secondary N) is 2. The highest BCUT2D eigenvalue weighted by atomic mass is 32.2. The molecule has 2 N–H and O–H groups in total. The number of aromatic nitrogens is 2. The molecule has 28 heavy (non-hydrogen) atoms. The lowest BCUT2D eigenvalue weighted by Crippen LogP contribution is -2.14. The van der Waals surface area contributed by atoms with Gasteiger partial charge < -0.3 is 10.6 Å². The number of amides is 1. The average Bonchev–Trinajstić information content (AvgIpc) is 3.33. The van der Waals surface area contributed by atoms with Gasteiger partial charge in [-0.3, -0.25) is 14.9 Å². The summed E-state index contributed by atoms with van der Waals surface area (Å²) in [5, 5.41) is 27.8. The zero-order valence-corrected chi connectivity index (χ0v) is 17.3. The number of nitro benzene ring substituents is 1. The molecule has 0 fully saturated rings. The number of rotatable bonds is 9. The Morgan fingerprint density at radius 3 is 2.93 bits per heavy atom. The van der Waals surface area contributed by atoms with Crippen LogP contribution in [0.15, 0.2) is 40.1 Å². The molecule has 1 aromatic carbocycles. The van der Waals surface area contributed by atoms with Crippen LogP contribution in [0, 0.1) is 17.0 Å². The molecule has 146 valence electrons. The minimum absolute atomic E-state index is 0.0205. The van der Waals surface area contributed by atoms with Crippen molar-refractivity contribution >= 4 is 56.8 Å². The van der Waals surface area contributed by atoms with Crippen LogP contribution in [0.3, 0.4) is 0 Å². The number of anilines is 2. The summed E-state index contributed by atoms with van der Waals surface area (Å²) in [6.45, 7) is 2.42. The summed E-state index contributed by atoms with van der Waals surface area (Å²) in [5.74, 6) is -0.114. The molecule has 2 aromatic heterocycles. The molecule has 0 unspecified atom stereocenters. The molecule has 8 nitrogen and oxygen atoms in total. The maximum Gasteiger partial charge on any atom is 0.274 e. The lowest BCUT2D eigenvalue weighted by molar-refractivity contribution is -0.385. The van der Waals surface area contributed by atoms with Gasteiger partial charge >= 0.3 is 0 Å². The molecule has 11 heteroatoms. The summed E-state index contributed by atoms with van der Waals surface area (Å²) in [6.07, 6.45) is 0.921. The maximum atomic E-state index is 12.1. The topological polar surface area (TPSA) is 110 Å². The number of thiophene rings is 1. The van der Waals surface area contributed by atoms with E-state index in [1.807, 2.05) is 6.07 Å². The number of hydrogen-bond acceptors (Lipinski definition) is 9. The van der Waals surface area contributed by atoms with Crippen LogP contribution in [-0.4, -0.2) is 33.3 Å². The highest BCUT2D eigenvalue weighted by Gasteiger charge is 2.13. The third-order valence-corrected chi connectivity index (χ3v) is 6.60. The van der Waals surface area contributed by atoms with Crippen molar-refractivity contribution < 1.29 is 9.72 Å². The van der Waals surface area contributed by atoms with Crippen LogP contribution in [0.4, 0.5) is 16.5 Å². The number of hydrogen-bond donors (Lipinski definition) is 2. The van der Waals surface area contributed by atoms with Gasteiger partial charge in [-0.05, 0) is 30.9 Å². The van der Waals surface area contributed by atoms with Gasteiger partial charge in [-0.25, -0.2) is 0 Å². The van der Waals surface area contributed by atoms with Crippen molar-refractivity contribution in [1.82, 2.24) is 10.2 Å². The Labute approximate surface area is 173 Å². The summed E-state index contributed by atoms with van der Waals surface area (Å²) in [6, 6.07) is 8.73. The van der Waals surface area contributed by atoms with E-state index in [1.165, 1.54) is 34.0 Å². The first kappa shape index (κ1) is 20.2. The third kappa shape index (κ3) is 5.75. The van der Waals surface area contributed by atoms with Gasteiger partial charge in [-0.1, -0.05) is 35.2 Å².